The molecule has 0 unspecified atom stereocenters. The van der Waals surface area contributed by atoms with Gasteiger partial charge in [0, 0.05) is 6.42 Å². The molecule has 0 amide bonds. The SMILES string of the molecule is N#CNc1ncnc2c1ncn2[C@H]1C[C@H](O)[C@@H](CO)O1. The largest absolute Gasteiger partial charge is 0.394 e. The number of ether oxygens (including phenoxy) is 1. The Morgan fingerprint density at radius 1 is 1.50 bits per heavy atom. The second kappa shape index (κ2) is 5.01. The van der Waals surface area contributed by atoms with Gasteiger partial charge in [-0.1, -0.05) is 0 Å². The van der Waals surface area contributed by atoms with Crippen LogP contribution in [0.25, 0.3) is 11.2 Å². The van der Waals surface area contributed by atoms with E-state index < -0.39 is 18.4 Å². The molecule has 3 atom stereocenters. The average Bonchev–Trinajstić information content (AvgIpc) is 3.03. The third-order valence-corrected chi connectivity index (χ3v) is 3.23. The molecule has 1 aliphatic heterocycles. The van der Waals surface area contributed by atoms with Crippen LogP contribution in [0.3, 0.4) is 0 Å². The van der Waals surface area contributed by atoms with Crippen molar-refractivity contribution in [3.8, 4) is 6.19 Å². The number of nitriles is 1. The van der Waals surface area contributed by atoms with Crippen molar-refractivity contribution < 1.29 is 14.9 Å². The van der Waals surface area contributed by atoms with E-state index in [0.29, 0.717) is 23.4 Å². The third kappa shape index (κ3) is 1.96. The number of hydrogen-bond donors (Lipinski definition) is 3. The standard InChI is InChI=1S/C11H12N6O3/c12-3-13-10-9-11(15-4-14-10)17(5-16-9)8-1-6(19)7(2-18)20-8/h4-8,18-19H,1-2H2,(H,13,14,15)/t6-,7+,8+/m0/s1. The van der Waals surface area contributed by atoms with Crippen molar-refractivity contribution in [2.45, 2.75) is 24.9 Å². The first-order valence-electron chi connectivity index (χ1n) is 6.01. The Hall–Kier alpha value is -2.28. The molecular formula is C11H12N6O3. The van der Waals surface area contributed by atoms with Crippen LogP contribution in [0.4, 0.5) is 5.82 Å². The molecule has 3 heterocycles. The van der Waals surface area contributed by atoms with Gasteiger partial charge < -0.3 is 14.9 Å². The van der Waals surface area contributed by atoms with Crippen LogP contribution < -0.4 is 5.32 Å². The maximum atomic E-state index is 9.76. The molecule has 104 valence electrons. The van der Waals surface area contributed by atoms with Gasteiger partial charge in [0.2, 0.25) is 0 Å². The zero-order chi connectivity index (χ0) is 14.1. The van der Waals surface area contributed by atoms with E-state index in [2.05, 4.69) is 20.3 Å². The number of aliphatic hydroxyl groups excluding tert-OH is 2. The van der Waals surface area contributed by atoms with Crippen LogP contribution >= 0.6 is 0 Å². The summed E-state index contributed by atoms with van der Waals surface area (Å²) < 4.78 is 7.20. The highest BCUT2D eigenvalue weighted by Crippen LogP contribution is 2.31. The van der Waals surface area contributed by atoms with Crippen molar-refractivity contribution in [3.05, 3.63) is 12.7 Å². The van der Waals surface area contributed by atoms with Crippen LogP contribution in [-0.2, 0) is 4.74 Å². The fourth-order valence-electron chi connectivity index (χ4n) is 2.26. The van der Waals surface area contributed by atoms with Gasteiger partial charge in [0.25, 0.3) is 0 Å². The van der Waals surface area contributed by atoms with Gasteiger partial charge in [-0.25, -0.2) is 15.0 Å². The Labute approximate surface area is 113 Å². The summed E-state index contributed by atoms with van der Waals surface area (Å²) in [5, 5.41) is 29.9. The van der Waals surface area contributed by atoms with Crippen molar-refractivity contribution >= 4 is 17.0 Å². The topological polar surface area (TPSA) is 129 Å². The summed E-state index contributed by atoms with van der Waals surface area (Å²) in [6.45, 7) is -0.249. The summed E-state index contributed by atoms with van der Waals surface area (Å²) in [4.78, 5) is 12.2. The highest BCUT2D eigenvalue weighted by atomic mass is 16.5. The molecule has 2 aromatic heterocycles. The molecule has 0 aliphatic carbocycles. The number of anilines is 1. The van der Waals surface area contributed by atoms with Crippen LogP contribution in [0, 0.1) is 11.5 Å². The van der Waals surface area contributed by atoms with E-state index in [0.717, 1.165) is 0 Å². The maximum Gasteiger partial charge on any atom is 0.182 e. The van der Waals surface area contributed by atoms with Crippen LogP contribution in [0.1, 0.15) is 12.6 Å². The monoisotopic (exact) mass is 276 g/mol. The molecular weight excluding hydrogens is 264 g/mol. The molecule has 3 rings (SSSR count). The average molecular weight is 276 g/mol. The predicted molar refractivity (Wildman–Crippen MR) is 66.2 cm³/mol. The minimum atomic E-state index is -0.735. The van der Waals surface area contributed by atoms with Crippen LogP contribution in [0.2, 0.25) is 0 Å². The van der Waals surface area contributed by atoms with Crippen molar-refractivity contribution in [2.75, 3.05) is 11.9 Å². The van der Waals surface area contributed by atoms with E-state index in [-0.39, 0.29) is 6.61 Å². The highest BCUT2D eigenvalue weighted by molar-refractivity contribution is 5.83. The Morgan fingerprint density at radius 3 is 3.05 bits per heavy atom. The number of fused-ring (bicyclic) bond motifs is 1. The van der Waals surface area contributed by atoms with Gasteiger partial charge in [-0.3, -0.25) is 9.88 Å². The number of aliphatic hydroxyl groups is 2. The summed E-state index contributed by atoms with van der Waals surface area (Å²) in [7, 11) is 0. The highest BCUT2D eigenvalue weighted by Gasteiger charge is 2.35. The summed E-state index contributed by atoms with van der Waals surface area (Å²) in [6, 6.07) is 0. The molecule has 0 aromatic carbocycles. The fourth-order valence-corrected chi connectivity index (χ4v) is 2.26. The zero-order valence-electron chi connectivity index (χ0n) is 10.3. The van der Waals surface area contributed by atoms with Crippen molar-refractivity contribution in [1.82, 2.24) is 19.5 Å². The number of nitrogens with one attached hydrogen (secondary N) is 1. The molecule has 9 heteroatoms. The summed E-state index contributed by atoms with van der Waals surface area (Å²) in [5.41, 5.74) is 0.938. The normalized spacial score (nSPS) is 25.8. The Morgan fingerprint density at radius 2 is 2.35 bits per heavy atom. The third-order valence-electron chi connectivity index (χ3n) is 3.23. The van der Waals surface area contributed by atoms with Crippen LogP contribution in [0.15, 0.2) is 12.7 Å². The van der Waals surface area contributed by atoms with E-state index in [1.54, 1.807) is 10.8 Å². The Balaban J connectivity index is 1.98. The number of imidazole rings is 1. The Kier molecular flexibility index (Phi) is 3.19. The smallest absolute Gasteiger partial charge is 0.182 e. The van der Waals surface area contributed by atoms with Gasteiger partial charge in [-0.15, -0.1) is 0 Å². The van der Waals surface area contributed by atoms with Gasteiger partial charge >= 0.3 is 0 Å². The molecule has 3 N–H and O–H groups in total. The molecule has 0 bridgehead atoms. The van der Waals surface area contributed by atoms with E-state index in [9.17, 15) is 5.11 Å². The first-order chi connectivity index (χ1) is 9.74. The molecule has 0 saturated carbocycles. The van der Waals surface area contributed by atoms with E-state index >= 15 is 0 Å². The molecule has 9 nitrogen and oxygen atoms in total. The maximum absolute atomic E-state index is 9.76. The number of rotatable bonds is 3. The van der Waals surface area contributed by atoms with Gasteiger partial charge in [0.15, 0.2) is 23.2 Å². The van der Waals surface area contributed by atoms with Gasteiger partial charge in [0.05, 0.1) is 19.0 Å². The Bertz CT molecular complexity index is 666. The molecule has 20 heavy (non-hydrogen) atoms. The predicted octanol–water partition coefficient (Wildman–Crippen LogP) is -0.640. The first-order valence-corrected chi connectivity index (χ1v) is 6.01. The second-order valence-electron chi connectivity index (χ2n) is 4.40. The van der Waals surface area contributed by atoms with Crippen molar-refractivity contribution in [1.29, 1.82) is 5.26 Å². The summed E-state index contributed by atoms with van der Waals surface area (Å²) in [5.74, 6) is 0.313. The van der Waals surface area contributed by atoms with E-state index in [4.69, 9.17) is 15.1 Å². The van der Waals surface area contributed by atoms with Gasteiger partial charge in [-0.05, 0) is 0 Å². The lowest BCUT2D eigenvalue weighted by Gasteiger charge is -2.13. The van der Waals surface area contributed by atoms with E-state index in [1.807, 2.05) is 0 Å². The van der Waals surface area contributed by atoms with Crippen molar-refractivity contribution in [2.24, 2.45) is 0 Å². The summed E-state index contributed by atoms with van der Waals surface area (Å²) >= 11 is 0. The summed E-state index contributed by atoms with van der Waals surface area (Å²) in [6.07, 6.45) is 3.14. The fraction of sp³-hybridized carbons (Fsp3) is 0.455. The first kappa shape index (κ1) is 12.7. The molecule has 2 aromatic rings. The van der Waals surface area contributed by atoms with Gasteiger partial charge in [-0.2, -0.15) is 5.26 Å². The van der Waals surface area contributed by atoms with Crippen molar-refractivity contribution in [3.63, 3.8) is 0 Å². The molecule has 1 saturated heterocycles. The van der Waals surface area contributed by atoms with Gasteiger partial charge in [0.1, 0.15) is 18.7 Å². The van der Waals surface area contributed by atoms with Crippen LogP contribution in [-0.4, -0.2) is 48.5 Å². The quantitative estimate of drug-likeness (QED) is 0.498. The lowest BCUT2D eigenvalue weighted by molar-refractivity contribution is -0.0432. The molecule has 1 aliphatic rings. The molecule has 0 spiro atoms. The zero-order valence-corrected chi connectivity index (χ0v) is 10.3. The minimum Gasteiger partial charge on any atom is -0.394 e. The lowest BCUT2D eigenvalue weighted by atomic mass is 10.2. The molecule has 0 radical (unpaired) electrons. The lowest BCUT2D eigenvalue weighted by Crippen LogP contribution is -2.24. The number of nitrogens with zero attached hydrogens (tertiary/aromatic N) is 5. The number of hydrogen-bond acceptors (Lipinski definition) is 8. The minimum absolute atomic E-state index is 0.249. The molecule has 1 fully saturated rings. The van der Waals surface area contributed by atoms with E-state index in [1.165, 1.54) is 12.7 Å². The number of aromatic nitrogens is 4. The van der Waals surface area contributed by atoms with Crippen LogP contribution in [0.5, 0.6) is 0 Å². The second-order valence-corrected chi connectivity index (χ2v) is 4.40.